The Morgan fingerprint density at radius 2 is 1.67 bits per heavy atom. The Hall–Kier alpha value is -3.83. The molecule has 2 aromatic carbocycles. The summed E-state index contributed by atoms with van der Waals surface area (Å²) in [5.41, 5.74) is 4.43. The number of amides is 2. The smallest absolute Gasteiger partial charge is 0.407 e. The fourth-order valence-corrected chi connectivity index (χ4v) is 3.74. The second-order valence-corrected chi connectivity index (χ2v) is 7.48. The van der Waals surface area contributed by atoms with Crippen LogP contribution in [0.1, 0.15) is 29.9 Å². The van der Waals surface area contributed by atoms with Gasteiger partial charge in [0, 0.05) is 18.9 Å². The molecule has 0 saturated carbocycles. The first-order valence-electron chi connectivity index (χ1n) is 10.6. The molecule has 1 atom stereocenters. The molecule has 8 heteroatoms. The number of rotatable bonds is 11. The minimum Gasteiger partial charge on any atom is -0.481 e. The zero-order valence-electron chi connectivity index (χ0n) is 18.1. The predicted octanol–water partition coefficient (Wildman–Crippen LogP) is 2.52. The fourth-order valence-electron chi connectivity index (χ4n) is 3.74. The van der Waals surface area contributed by atoms with Crippen LogP contribution in [0.5, 0.6) is 0 Å². The molecule has 2 amide bonds. The van der Waals surface area contributed by atoms with E-state index in [1.54, 1.807) is 0 Å². The van der Waals surface area contributed by atoms with E-state index in [0.29, 0.717) is 0 Å². The van der Waals surface area contributed by atoms with Crippen molar-refractivity contribution >= 4 is 18.0 Å². The topological polar surface area (TPSA) is 114 Å². The van der Waals surface area contributed by atoms with Gasteiger partial charge in [0.2, 0.25) is 5.91 Å². The van der Waals surface area contributed by atoms with Gasteiger partial charge in [-0.2, -0.15) is 0 Å². The Kier molecular flexibility index (Phi) is 8.44. The summed E-state index contributed by atoms with van der Waals surface area (Å²) in [5.74, 6) is 0.854. The van der Waals surface area contributed by atoms with Gasteiger partial charge in [-0.05, 0) is 22.3 Å². The van der Waals surface area contributed by atoms with Crippen molar-refractivity contribution in [1.29, 1.82) is 0 Å². The lowest BCUT2D eigenvalue weighted by molar-refractivity contribution is -0.138. The van der Waals surface area contributed by atoms with Crippen LogP contribution in [0.3, 0.4) is 0 Å². The zero-order valence-corrected chi connectivity index (χ0v) is 18.1. The highest BCUT2D eigenvalue weighted by Crippen LogP contribution is 2.44. The molecular formula is C25H26N2O6. The number of carboxylic acid groups (broad SMARTS) is 1. The summed E-state index contributed by atoms with van der Waals surface area (Å²) >= 11 is 0. The average Bonchev–Trinajstić information content (AvgIpc) is 3.13. The third-order valence-electron chi connectivity index (χ3n) is 5.28. The van der Waals surface area contributed by atoms with Crippen molar-refractivity contribution in [3.8, 4) is 23.5 Å². The van der Waals surface area contributed by atoms with Gasteiger partial charge in [-0.15, -0.1) is 12.3 Å². The van der Waals surface area contributed by atoms with Crippen molar-refractivity contribution in [2.24, 2.45) is 0 Å². The van der Waals surface area contributed by atoms with Crippen molar-refractivity contribution in [3.63, 3.8) is 0 Å². The Morgan fingerprint density at radius 1 is 1.03 bits per heavy atom. The summed E-state index contributed by atoms with van der Waals surface area (Å²) in [6.07, 6.45) is 4.49. The van der Waals surface area contributed by atoms with Gasteiger partial charge in [-0.3, -0.25) is 9.59 Å². The number of benzene rings is 2. The number of hydrogen-bond donors (Lipinski definition) is 3. The molecule has 0 fully saturated rings. The lowest BCUT2D eigenvalue weighted by atomic mass is 9.98. The molecule has 33 heavy (non-hydrogen) atoms. The maximum absolute atomic E-state index is 12.4. The van der Waals surface area contributed by atoms with Gasteiger partial charge < -0.3 is 25.2 Å². The van der Waals surface area contributed by atoms with Crippen LogP contribution >= 0.6 is 0 Å². The zero-order chi connectivity index (χ0) is 23.6. The maximum atomic E-state index is 12.4. The summed E-state index contributed by atoms with van der Waals surface area (Å²) in [5, 5.41) is 13.7. The number of carbonyl (C=O) groups is 3. The van der Waals surface area contributed by atoms with E-state index in [1.165, 1.54) is 0 Å². The first-order valence-corrected chi connectivity index (χ1v) is 10.6. The molecule has 3 N–H and O–H groups in total. The first-order chi connectivity index (χ1) is 16.0. The highest BCUT2D eigenvalue weighted by Gasteiger charge is 2.29. The summed E-state index contributed by atoms with van der Waals surface area (Å²) < 4.78 is 10.6. The number of ether oxygens (including phenoxy) is 2. The number of carbonyl (C=O) groups excluding carboxylic acids is 2. The van der Waals surface area contributed by atoms with Crippen molar-refractivity contribution in [1.82, 2.24) is 10.6 Å². The Balaban J connectivity index is 1.51. The molecule has 0 bridgehead atoms. The van der Waals surface area contributed by atoms with Gasteiger partial charge in [-0.1, -0.05) is 48.5 Å². The number of aliphatic carboxylic acids is 1. The summed E-state index contributed by atoms with van der Waals surface area (Å²) in [7, 11) is 0. The van der Waals surface area contributed by atoms with Crippen molar-refractivity contribution < 1.29 is 29.0 Å². The number of nitrogens with one attached hydrogen (secondary N) is 2. The highest BCUT2D eigenvalue weighted by atomic mass is 16.5. The monoisotopic (exact) mass is 450 g/mol. The molecule has 2 aromatic rings. The molecule has 1 unspecified atom stereocenters. The molecule has 172 valence electrons. The predicted molar refractivity (Wildman–Crippen MR) is 122 cm³/mol. The van der Waals surface area contributed by atoms with Crippen molar-refractivity contribution in [2.75, 3.05) is 26.4 Å². The Labute approximate surface area is 192 Å². The van der Waals surface area contributed by atoms with Gasteiger partial charge in [-0.25, -0.2) is 4.79 Å². The SMILES string of the molecule is C#CCC(NC(=O)OCC1c2ccccc2-c2ccccc21)C(=O)NCCOCCC(=O)O. The number of hydrogen-bond acceptors (Lipinski definition) is 5. The van der Waals surface area contributed by atoms with Crippen LogP contribution in [-0.2, 0) is 19.1 Å². The Morgan fingerprint density at radius 3 is 2.27 bits per heavy atom. The van der Waals surface area contributed by atoms with E-state index in [2.05, 4.69) is 16.6 Å². The Bertz CT molecular complexity index is 1000. The molecule has 0 heterocycles. The number of carboxylic acids is 1. The van der Waals surface area contributed by atoms with Crippen LogP contribution < -0.4 is 10.6 Å². The molecule has 1 aliphatic rings. The normalized spacial score (nSPS) is 12.7. The van der Waals surface area contributed by atoms with E-state index in [-0.39, 0.29) is 45.1 Å². The van der Waals surface area contributed by atoms with E-state index >= 15 is 0 Å². The first kappa shape index (κ1) is 23.8. The van der Waals surface area contributed by atoms with Crippen LogP contribution in [0, 0.1) is 12.3 Å². The second kappa shape index (κ2) is 11.7. The van der Waals surface area contributed by atoms with Crippen LogP contribution in [0.4, 0.5) is 4.79 Å². The standard InChI is InChI=1S/C25H26N2O6/c1-2-7-22(24(30)26-13-15-32-14-12-23(28)29)27-25(31)33-16-21-19-10-5-3-8-17(19)18-9-4-6-11-20(18)21/h1,3-6,8-11,21-22H,7,12-16H2,(H,26,30)(H,27,31)(H,28,29). The summed E-state index contributed by atoms with van der Waals surface area (Å²) in [6.45, 7) is 0.483. The van der Waals surface area contributed by atoms with Crippen LogP contribution in [0.2, 0.25) is 0 Å². The molecule has 0 radical (unpaired) electrons. The van der Waals surface area contributed by atoms with Crippen LogP contribution in [0.25, 0.3) is 11.1 Å². The van der Waals surface area contributed by atoms with E-state index in [9.17, 15) is 14.4 Å². The fraction of sp³-hybridized carbons (Fsp3) is 0.320. The molecule has 3 rings (SSSR count). The molecule has 0 aliphatic heterocycles. The lowest BCUT2D eigenvalue weighted by Gasteiger charge is -2.18. The molecule has 0 aromatic heterocycles. The summed E-state index contributed by atoms with van der Waals surface area (Å²) in [4.78, 5) is 35.2. The van der Waals surface area contributed by atoms with E-state index < -0.39 is 24.0 Å². The van der Waals surface area contributed by atoms with Gasteiger partial charge >= 0.3 is 12.1 Å². The van der Waals surface area contributed by atoms with E-state index in [0.717, 1.165) is 22.3 Å². The molecule has 1 aliphatic carbocycles. The van der Waals surface area contributed by atoms with Crippen molar-refractivity contribution in [2.45, 2.75) is 24.8 Å². The van der Waals surface area contributed by atoms with Gasteiger partial charge in [0.25, 0.3) is 0 Å². The van der Waals surface area contributed by atoms with Gasteiger partial charge in [0.1, 0.15) is 12.6 Å². The third-order valence-corrected chi connectivity index (χ3v) is 5.28. The lowest BCUT2D eigenvalue weighted by Crippen LogP contribution is -2.47. The minimum atomic E-state index is -0.958. The van der Waals surface area contributed by atoms with Gasteiger partial charge in [0.05, 0.1) is 19.6 Å². The molecular weight excluding hydrogens is 424 g/mol. The van der Waals surface area contributed by atoms with E-state index in [4.69, 9.17) is 21.0 Å². The number of terminal acetylenes is 1. The van der Waals surface area contributed by atoms with Gasteiger partial charge in [0.15, 0.2) is 0 Å². The molecule has 8 nitrogen and oxygen atoms in total. The number of fused-ring (bicyclic) bond motifs is 3. The molecule has 0 saturated heterocycles. The average molecular weight is 450 g/mol. The second-order valence-electron chi connectivity index (χ2n) is 7.48. The molecule has 0 spiro atoms. The highest BCUT2D eigenvalue weighted by molar-refractivity contribution is 5.86. The third kappa shape index (κ3) is 6.34. The minimum absolute atomic E-state index is 0.00407. The van der Waals surface area contributed by atoms with Crippen LogP contribution in [-0.4, -0.2) is 55.5 Å². The maximum Gasteiger partial charge on any atom is 0.407 e. The summed E-state index contributed by atoms with van der Waals surface area (Å²) in [6, 6.07) is 15.1. The largest absolute Gasteiger partial charge is 0.481 e. The van der Waals surface area contributed by atoms with Crippen molar-refractivity contribution in [3.05, 3.63) is 59.7 Å². The van der Waals surface area contributed by atoms with E-state index in [1.807, 2.05) is 48.5 Å². The quantitative estimate of drug-likeness (QED) is 0.358. The number of alkyl carbamates (subject to hydrolysis) is 1. The van der Waals surface area contributed by atoms with Crippen LogP contribution in [0.15, 0.2) is 48.5 Å².